The van der Waals surface area contributed by atoms with E-state index < -0.39 is 12.0 Å². The number of likely N-dealkylation sites (tertiary alicyclic amines) is 1. The van der Waals surface area contributed by atoms with E-state index in [2.05, 4.69) is 0 Å². The van der Waals surface area contributed by atoms with Crippen LogP contribution in [0.25, 0.3) is 0 Å². The van der Waals surface area contributed by atoms with Crippen LogP contribution in [-0.4, -0.2) is 46.8 Å². The average Bonchev–Trinajstić information content (AvgIpc) is 2.67. The van der Waals surface area contributed by atoms with Crippen LogP contribution in [0.2, 0.25) is 0 Å². The Hall–Kier alpha value is -0.610. The molecule has 16 heavy (non-hydrogen) atoms. The SMILES string of the molecule is C[C@H](C(=O)O)N1C[C@H]2CCCC[C@@]2(CO)C1. The second-order valence-corrected chi connectivity index (χ2v) is 5.41. The molecule has 3 atom stereocenters. The van der Waals surface area contributed by atoms with E-state index in [1.807, 2.05) is 4.90 Å². The third-order valence-electron chi connectivity index (χ3n) is 4.54. The zero-order chi connectivity index (χ0) is 11.8. The van der Waals surface area contributed by atoms with E-state index in [4.69, 9.17) is 5.11 Å². The molecule has 0 radical (unpaired) electrons. The van der Waals surface area contributed by atoms with E-state index in [-0.39, 0.29) is 12.0 Å². The maximum atomic E-state index is 11.0. The minimum Gasteiger partial charge on any atom is -0.480 e. The highest BCUT2D eigenvalue weighted by atomic mass is 16.4. The molecule has 0 bridgehead atoms. The van der Waals surface area contributed by atoms with Crippen molar-refractivity contribution in [2.24, 2.45) is 11.3 Å². The van der Waals surface area contributed by atoms with Crippen molar-refractivity contribution in [1.29, 1.82) is 0 Å². The first-order valence-electron chi connectivity index (χ1n) is 6.17. The van der Waals surface area contributed by atoms with Crippen LogP contribution in [0, 0.1) is 11.3 Å². The van der Waals surface area contributed by atoms with Crippen LogP contribution in [0.3, 0.4) is 0 Å². The lowest BCUT2D eigenvalue weighted by Gasteiger charge is -2.37. The van der Waals surface area contributed by atoms with Gasteiger partial charge in [-0.05, 0) is 25.7 Å². The summed E-state index contributed by atoms with van der Waals surface area (Å²) in [7, 11) is 0. The van der Waals surface area contributed by atoms with Crippen molar-refractivity contribution in [3.05, 3.63) is 0 Å². The molecule has 1 saturated carbocycles. The maximum absolute atomic E-state index is 11.0. The Kier molecular flexibility index (Phi) is 3.22. The molecule has 2 rings (SSSR count). The van der Waals surface area contributed by atoms with Crippen LogP contribution in [-0.2, 0) is 4.79 Å². The van der Waals surface area contributed by atoms with Gasteiger partial charge in [-0.2, -0.15) is 0 Å². The van der Waals surface area contributed by atoms with Gasteiger partial charge in [0.25, 0.3) is 0 Å². The van der Waals surface area contributed by atoms with Gasteiger partial charge in [0.1, 0.15) is 6.04 Å². The zero-order valence-electron chi connectivity index (χ0n) is 9.85. The predicted molar refractivity (Wildman–Crippen MR) is 60.1 cm³/mol. The van der Waals surface area contributed by atoms with Gasteiger partial charge in [-0.25, -0.2) is 0 Å². The lowest BCUT2D eigenvalue weighted by molar-refractivity contribution is -0.142. The quantitative estimate of drug-likeness (QED) is 0.753. The molecule has 4 nitrogen and oxygen atoms in total. The van der Waals surface area contributed by atoms with E-state index in [1.54, 1.807) is 6.92 Å². The molecule has 0 unspecified atom stereocenters. The summed E-state index contributed by atoms with van der Waals surface area (Å²) >= 11 is 0. The van der Waals surface area contributed by atoms with Crippen molar-refractivity contribution >= 4 is 5.97 Å². The van der Waals surface area contributed by atoms with Crippen molar-refractivity contribution in [3.63, 3.8) is 0 Å². The number of carbonyl (C=O) groups is 1. The highest BCUT2D eigenvalue weighted by molar-refractivity contribution is 5.72. The normalized spacial score (nSPS) is 37.0. The molecule has 4 heteroatoms. The van der Waals surface area contributed by atoms with Gasteiger partial charge in [-0.1, -0.05) is 12.8 Å². The second kappa shape index (κ2) is 4.34. The molecule has 0 spiro atoms. The zero-order valence-corrected chi connectivity index (χ0v) is 9.85. The van der Waals surface area contributed by atoms with E-state index in [0.717, 1.165) is 25.9 Å². The first-order valence-corrected chi connectivity index (χ1v) is 6.17. The molecule has 2 aliphatic rings. The average molecular weight is 227 g/mol. The Morgan fingerprint density at radius 3 is 2.88 bits per heavy atom. The third-order valence-corrected chi connectivity index (χ3v) is 4.54. The van der Waals surface area contributed by atoms with Crippen molar-refractivity contribution in [2.75, 3.05) is 19.7 Å². The Balaban J connectivity index is 2.10. The van der Waals surface area contributed by atoms with E-state index in [9.17, 15) is 9.90 Å². The van der Waals surface area contributed by atoms with Gasteiger partial charge in [-0.15, -0.1) is 0 Å². The molecule has 0 aromatic rings. The number of rotatable bonds is 3. The van der Waals surface area contributed by atoms with Gasteiger partial charge in [0.15, 0.2) is 0 Å². The minimum atomic E-state index is -0.758. The molecular formula is C12H21NO3. The number of aliphatic hydroxyl groups excluding tert-OH is 1. The fourth-order valence-electron chi connectivity index (χ4n) is 3.33. The number of carboxylic acid groups (broad SMARTS) is 1. The fraction of sp³-hybridized carbons (Fsp3) is 0.917. The number of hydrogen-bond donors (Lipinski definition) is 2. The fourth-order valence-corrected chi connectivity index (χ4v) is 3.33. The molecule has 0 aromatic carbocycles. The smallest absolute Gasteiger partial charge is 0.320 e. The number of hydrogen-bond acceptors (Lipinski definition) is 3. The summed E-state index contributed by atoms with van der Waals surface area (Å²) in [5, 5.41) is 18.6. The topological polar surface area (TPSA) is 60.8 Å². The number of fused-ring (bicyclic) bond motifs is 1. The third kappa shape index (κ3) is 1.84. The molecule has 2 fully saturated rings. The molecule has 1 aliphatic carbocycles. The standard InChI is InChI=1S/C12H21NO3/c1-9(11(15)16)13-6-10-4-2-3-5-12(10,7-13)8-14/h9-10,14H,2-8H2,1H3,(H,15,16)/t9-,10-,12+/m1/s1. The van der Waals surface area contributed by atoms with Crippen LogP contribution < -0.4 is 0 Å². The summed E-state index contributed by atoms with van der Waals surface area (Å²) < 4.78 is 0. The summed E-state index contributed by atoms with van der Waals surface area (Å²) in [5.41, 5.74) is -0.0119. The first-order chi connectivity index (χ1) is 7.59. The predicted octanol–water partition coefficient (Wildman–Crippen LogP) is 0.944. The second-order valence-electron chi connectivity index (χ2n) is 5.41. The summed E-state index contributed by atoms with van der Waals surface area (Å²) in [6, 6.07) is -0.422. The Labute approximate surface area is 96.3 Å². The number of nitrogens with zero attached hydrogens (tertiary/aromatic N) is 1. The monoisotopic (exact) mass is 227 g/mol. The van der Waals surface area contributed by atoms with Gasteiger partial charge in [0.05, 0.1) is 6.61 Å². The van der Waals surface area contributed by atoms with Crippen molar-refractivity contribution in [1.82, 2.24) is 4.90 Å². The lowest BCUT2D eigenvalue weighted by Crippen LogP contribution is -2.40. The summed E-state index contributed by atoms with van der Waals surface area (Å²) in [6.45, 7) is 3.54. The summed E-state index contributed by atoms with van der Waals surface area (Å²) in [5.74, 6) is -0.264. The molecule has 2 N–H and O–H groups in total. The Morgan fingerprint density at radius 1 is 1.56 bits per heavy atom. The van der Waals surface area contributed by atoms with E-state index >= 15 is 0 Å². The maximum Gasteiger partial charge on any atom is 0.320 e. The molecule has 1 aliphatic heterocycles. The first kappa shape index (κ1) is 11.9. The Morgan fingerprint density at radius 2 is 2.31 bits per heavy atom. The van der Waals surface area contributed by atoms with Gasteiger partial charge >= 0.3 is 5.97 Å². The Bertz CT molecular complexity index is 281. The highest BCUT2D eigenvalue weighted by Gasteiger charge is 2.48. The van der Waals surface area contributed by atoms with Gasteiger partial charge in [-0.3, -0.25) is 9.69 Å². The lowest BCUT2D eigenvalue weighted by atomic mass is 9.69. The van der Waals surface area contributed by atoms with Gasteiger partial charge in [0.2, 0.25) is 0 Å². The van der Waals surface area contributed by atoms with Gasteiger partial charge < -0.3 is 10.2 Å². The summed E-state index contributed by atoms with van der Waals surface area (Å²) in [4.78, 5) is 13.0. The van der Waals surface area contributed by atoms with Crippen LogP contribution >= 0.6 is 0 Å². The number of aliphatic hydroxyl groups is 1. The van der Waals surface area contributed by atoms with Crippen LogP contribution in [0.15, 0.2) is 0 Å². The van der Waals surface area contributed by atoms with Crippen molar-refractivity contribution < 1.29 is 15.0 Å². The molecule has 0 amide bonds. The van der Waals surface area contributed by atoms with Crippen molar-refractivity contribution in [2.45, 2.75) is 38.6 Å². The van der Waals surface area contributed by atoms with Gasteiger partial charge in [0, 0.05) is 18.5 Å². The van der Waals surface area contributed by atoms with Crippen LogP contribution in [0.1, 0.15) is 32.6 Å². The molecule has 1 heterocycles. The van der Waals surface area contributed by atoms with E-state index in [0.29, 0.717) is 5.92 Å². The minimum absolute atomic E-state index is 0.0119. The number of aliphatic carboxylic acids is 1. The number of carboxylic acids is 1. The van der Waals surface area contributed by atoms with Crippen LogP contribution in [0.4, 0.5) is 0 Å². The molecular weight excluding hydrogens is 206 g/mol. The van der Waals surface area contributed by atoms with Crippen LogP contribution in [0.5, 0.6) is 0 Å². The largest absolute Gasteiger partial charge is 0.480 e. The molecule has 1 saturated heterocycles. The molecule has 92 valence electrons. The molecule has 0 aromatic heterocycles. The van der Waals surface area contributed by atoms with E-state index in [1.165, 1.54) is 12.8 Å². The summed E-state index contributed by atoms with van der Waals surface area (Å²) in [6.07, 6.45) is 4.59. The highest BCUT2D eigenvalue weighted by Crippen LogP contribution is 2.46. The van der Waals surface area contributed by atoms with Crippen molar-refractivity contribution in [3.8, 4) is 0 Å².